The van der Waals surface area contributed by atoms with E-state index in [0.29, 0.717) is 23.2 Å². The maximum atomic E-state index is 13.0. The Labute approximate surface area is 149 Å². The second kappa shape index (κ2) is 8.01. The lowest BCUT2D eigenvalue weighted by Gasteiger charge is -2.31. The molecule has 1 amide bonds. The van der Waals surface area contributed by atoms with Gasteiger partial charge in [0.15, 0.2) is 0 Å². The van der Waals surface area contributed by atoms with Gasteiger partial charge in [-0.2, -0.15) is 0 Å². The van der Waals surface area contributed by atoms with E-state index in [1.54, 1.807) is 19.4 Å². The lowest BCUT2D eigenvalue weighted by molar-refractivity contribution is 0.0697. The van der Waals surface area contributed by atoms with Crippen LogP contribution in [0.2, 0.25) is 0 Å². The second-order valence-corrected chi connectivity index (χ2v) is 6.43. The number of carbonyl (C=O) groups is 1. The molecule has 1 aromatic carbocycles. The van der Waals surface area contributed by atoms with E-state index in [2.05, 4.69) is 10.3 Å². The van der Waals surface area contributed by atoms with Crippen molar-refractivity contribution < 1.29 is 9.53 Å². The van der Waals surface area contributed by atoms with Crippen molar-refractivity contribution in [2.45, 2.75) is 38.1 Å². The molecule has 1 aromatic heterocycles. The maximum Gasteiger partial charge on any atom is 0.257 e. The largest absolute Gasteiger partial charge is 0.495 e. The van der Waals surface area contributed by atoms with Gasteiger partial charge >= 0.3 is 0 Å². The number of benzene rings is 1. The number of hydrogen-bond donors (Lipinski definition) is 1. The van der Waals surface area contributed by atoms with E-state index < -0.39 is 0 Å². The first-order valence-electron chi connectivity index (χ1n) is 8.83. The zero-order valence-electron chi connectivity index (χ0n) is 14.9. The van der Waals surface area contributed by atoms with Crippen molar-refractivity contribution in [1.82, 2.24) is 9.88 Å². The predicted octanol–water partition coefficient (Wildman–Crippen LogP) is 4.24. The summed E-state index contributed by atoms with van der Waals surface area (Å²) in [4.78, 5) is 19.3. The fourth-order valence-electron chi connectivity index (χ4n) is 3.38. The van der Waals surface area contributed by atoms with Crippen LogP contribution >= 0.6 is 0 Å². The van der Waals surface area contributed by atoms with Crippen LogP contribution in [-0.4, -0.2) is 36.0 Å². The SMILES string of the molecule is COc1ccccc1Nc1ncccc1C(=O)N(C)C1CCCCC1. The molecule has 1 fully saturated rings. The average molecular weight is 339 g/mol. The van der Waals surface area contributed by atoms with Gasteiger partial charge in [-0.05, 0) is 37.1 Å². The molecule has 1 saturated carbocycles. The highest BCUT2D eigenvalue weighted by Crippen LogP contribution is 2.29. The maximum absolute atomic E-state index is 13.0. The summed E-state index contributed by atoms with van der Waals surface area (Å²) in [6.45, 7) is 0. The minimum atomic E-state index is 0.0115. The van der Waals surface area contributed by atoms with E-state index in [1.165, 1.54) is 19.3 Å². The van der Waals surface area contributed by atoms with Crippen molar-refractivity contribution in [2.24, 2.45) is 0 Å². The summed E-state index contributed by atoms with van der Waals surface area (Å²) < 4.78 is 5.37. The molecule has 0 saturated heterocycles. The van der Waals surface area contributed by atoms with Gasteiger partial charge < -0.3 is 15.0 Å². The number of amides is 1. The van der Waals surface area contributed by atoms with Crippen LogP contribution in [0.25, 0.3) is 0 Å². The number of hydrogen-bond acceptors (Lipinski definition) is 4. The van der Waals surface area contributed by atoms with Gasteiger partial charge in [0.05, 0.1) is 18.4 Å². The van der Waals surface area contributed by atoms with Gasteiger partial charge in [0.25, 0.3) is 5.91 Å². The Bertz CT molecular complexity index is 726. The molecular weight excluding hydrogens is 314 g/mol. The quantitative estimate of drug-likeness (QED) is 0.885. The minimum Gasteiger partial charge on any atom is -0.495 e. The number of aromatic nitrogens is 1. The molecule has 3 rings (SSSR count). The van der Waals surface area contributed by atoms with Crippen LogP contribution in [0.1, 0.15) is 42.5 Å². The number of para-hydroxylation sites is 2. The molecule has 0 spiro atoms. The number of methoxy groups -OCH3 is 1. The smallest absolute Gasteiger partial charge is 0.257 e. The van der Waals surface area contributed by atoms with Gasteiger partial charge in [0.2, 0.25) is 0 Å². The molecule has 5 nitrogen and oxygen atoms in total. The summed E-state index contributed by atoms with van der Waals surface area (Å²) in [5, 5.41) is 3.25. The lowest BCUT2D eigenvalue weighted by Crippen LogP contribution is -2.38. The van der Waals surface area contributed by atoms with Crippen molar-refractivity contribution in [1.29, 1.82) is 0 Å². The fourth-order valence-corrected chi connectivity index (χ4v) is 3.38. The van der Waals surface area contributed by atoms with Crippen molar-refractivity contribution in [3.63, 3.8) is 0 Å². The van der Waals surface area contributed by atoms with Gasteiger partial charge in [0, 0.05) is 19.3 Å². The molecule has 0 radical (unpaired) electrons. The minimum absolute atomic E-state index is 0.0115. The Balaban J connectivity index is 1.84. The molecule has 1 N–H and O–H groups in total. The van der Waals surface area contributed by atoms with Gasteiger partial charge in [-0.25, -0.2) is 4.98 Å². The van der Waals surface area contributed by atoms with E-state index >= 15 is 0 Å². The van der Waals surface area contributed by atoms with E-state index in [0.717, 1.165) is 18.5 Å². The monoisotopic (exact) mass is 339 g/mol. The molecular formula is C20H25N3O2. The highest BCUT2D eigenvalue weighted by Gasteiger charge is 2.25. The summed E-state index contributed by atoms with van der Waals surface area (Å²) in [6.07, 6.45) is 7.51. The van der Waals surface area contributed by atoms with Crippen LogP contribution < -0.4 is 10.1 Å². The summed E-state index contributed by atoms with van der Waals surface area (Å²) in [6, 6.07) is 11.6. The van der Waals surface area contributed by atoms with E-state index in [-0.39, 0.29) is 5.91 Å². The first-order chi connectivity index (χ1) is 12.2. The zero-order valence-corrected chi connectivity index (χ0v) is 14.9. The number of anilines is 2. The molecule has 25 heavy (non-hydrogen) atoms. The predicted molar refractivity (Wildman–Crippen MR) is 99.5 cm³/mol. The number of pyridine rings is 1. The standard InChI is InChI=1S/C20H25N3O2/c1-23(15-9-4-3-5-10-15)20(24)16-11-8-14-21-19(16)22-17-12-6-7-13-18(17)25-2/h6-8,11-15H,3-5,9-10H2,1-2H3,(H,21,22). The average Bonchev–Trinajstić information content (AvgIpc) is 2.68. The highest BCUT2D eigenvalue weighted by atomic mass is 16.5. The second-order valence-electron chi connectivity index (χ2n) is 6.43. The Morgan fingerprint density at radius 2 is 1.92 bits per heavy atom. The summed E-state index contributed by atoms with van der Waals surface area (Å²) in [5.41, 5.74) is 1.37. The molecule has 132 valence electrons. The number of carbonyl (C=O) groups excluding carboxylic acids is 1. The van der Waals surface area contributed by atoms with Gasteiger partial charge in [-0.15, -0.1) is 0 Å². The number of nitrogens with zero attached hydrogens (tertiary/aromatic N) is 2. The third kappa shape index (κ3) is 3.92. The Morgan fingerprint density at radius 3 is 2.68 bits per heavy atom. The molecule has 1 aliphatic rings. The van der Waals surface area contributed by atoms with E-state index in [1.807, 2.05) is 42.3 Å². The van der Waals surface area contributed by atoms with Crippen LogP contribution in [0.3, 0.4) is 0 Å². The van der Waals surface area contributed by atoms with Crippen molar-refractivity contribution in [3.05, 3.63) is 48.2 Å². The summed E-state index contributed by atoms with van der Waals surface area (Å²) >= 11 is 0. The number of ether oxygens (including phenoxy) is 1. The topological polar surface area (TPSA) is 54.5 Å². The first-order valence-corrected chi connectivity index (χ1v) is 8.83. The van der Waals surface area contributed by atoms with Crippen molar-refractivity contribution >= 4 is 17.4 Å². The van der Waals surface area contributed by atoms with Gasteiger partial charge in [0.1, 0.15) is 11.6 Å². The normalized spacial score (nSPS) is 14.8. The highest BCUT2D eigenvalue weighted by molar-refractivity contribution is 5.99. The third-order valence-corrected chi connectivity index (χ3v) is 4.84. The molecule has 2 aromatic rings. The first kappa shape index (κ1) is 17.3. The lowest BCUT2D eigenvalue weighted by atomic mass is 9.94. The zero-order chi connectivity index (χ0) is 17.6. The molecule has 5 heteroatoms. The van der Waals surface area contributed by atoms with Crippen LogP contribution in [0, 0.1) is 0 Å². The molecule has 1 aliphatic carbocycles. The third-order valence-electron chi connectivity index (χ3n) is 4.84. The van der Waals surface area contributed by atoms with Crippen molar-refractivity contribution in [3.8, 4) is 5.75 Å². The molecule has 0 atom stereocenters. The molecule has 1 heterocycles. The molecule has 0 unspecified atom stereocenters. The summed E-state index contributed by atoms with van der Waals surface area (Å²) in [5.74, 6) is 1.28. The number of nitrogens with one attached hydrogen (secondary N) is 1. The van der Waals surface area contributed by atoms with Gasteiger partial charge in [-0.1, -0.05) is 31.4 Å². The Morgan fingerprint density at radius 1 is 1.16 bits per heavy atom. The summed E-state index contributed by atoms with van der Waals surface area (Å²) in [7, 11) is 3.53. The fraction of sp³-hybridized carbons (Fsp3) is 0.400. The van der Waals surface area contributed by atoms with E-state index in [4.69, 9.17) is 4.74 Å². The Hall–Kier alpha value is -2.56. The molecule has 0 bridgehead atoms. The van der Waals surface area contributed by atoms with Crippen molar-refractivity contribution in [2.75, 3.05) is 19.5 Å². The van der Waals surface area contributed by atoms with Gasteiger partial charge in [-0.3, -0.25) is 4.79 Å². The number of rotatable bonds is 5. The van der Waals surface area contributed by atoms with Crippen LogP contribution in [0.15, 0.2) is 42.6 Å². The van der Waals surface area contributed by atoms with Crippen LogP contribution in [0.4, 0.5) is 11.5 Å². The van der Waals surface area contributed by atoms with Crippen LogP contribution in [0.5, 0.6) is 5.75 Å². The molecule has 0 aliphatic heterocycles. The van der Waals surface area contributed by atoms with Crippen LogP contribution in [-0.2, 0) is 0 Å². The Kier molecular flexibility index (Phi) is 5.53. The van der Waals surface area contributed by atoms with E-state index in [9.17, 15) is 4.79 Å².